The normalized spacial score (nSPS) is 26.4. The first-order valence-corrected chi connectivity index (χ1v) is 8.74. The fraction of sp³-hybridized carbons (Fsp3) is 0.611. The molecule has 7 heteroatoms. The molecule has 2 N–H and O–H groups in total. The van der Waals surface area contributed by atoms with Crippen molar-refractivity contribution in [2.75, 3.05) is 45.4 Å². The van der Waals surface area contributed by atoms with Gasteiger partial charge in [0, 0.05) is 49.6 Å². The minimum absolute atomic E-state index is 0.0160. The smallest absolute Gasteiger partial charge is 0.240 e. The molecule has 2 saturated heterocycles. The number of morpholine rings is 1. The summed E-state index contributed by atoms with van der Waals surface area (Å²) in [5.41, 5.74) is 1.04. The molecule has 3 atom stereocenters. The Labute approximate surface area is 148 Å². The van der Waals surface area contributed by atoms with E-state index in [-0.39, 0.29) is 24.1 Å². The highest BCUT2D eigenvalue weighted by molar-refractivity contribution is 5.83. The molecule has 0 aromatic heterocycles. The summed E-state index contributed by atoms with van der Waals surface area (Å²) in [4.78, 5) is 14.7. The van der Waals surface area contributed by atoms with Crippen molar-refractivity contribution in [3.05, 3.63) is 18.2 Å². The minimum atomic E-state index is -0.278. The van der Waals surface area contributed by atoms with E-state index in [9.17, 15) is 4.79 Å². The largest absolute Gasteiger partial charge is 0.497 e. The third-order valence-corrected chi connectivity index (χ3v) is 4.83. The van der Waals surface area contributed by atoms with Gasteiger partial charge in [0.1, 0.15) is 17.5 Å². The van der Waals surface area contributed by atoms with Gasteiger partial charge in [0.15, 0.2) is 0 Å². The van der Waals surface area contributed by atoms with E-state index in [0.717, 1.165) is 36.7 Å². The molecule has 0 radical (unpaired) electrons. The number of nitrogens with zero attached hydrogens (tertiary/aromatic N) is 1. The number of benzene rings is 1. The molecule has 2 fully saturated rings. The van der Waals surface area contributed by atoms with E-state index in [2.05, 4.69) is 15.5 Å². The molecule has 0 bridgehead atoms. The summed E-state index contributed by atoms with van der Waals surface area (Å²) in [7, 11) is 3.29. The van der Waals surface area contributed by atoms with Crippen LogP contribution in [-0.4, -0.2) is 64.6 Å². The van der Waals surface area contributed by atoms with Gasteiger partial charge < -0.3 is 29.7 Å². The molecule has 1 aromatic rings. The second-order valence-electron chi connectivity index (χ2n) is 6.52. The Balaban J connectivity index is 1.61. The first-order chi connectivity index (χ1) is 12.1. The number of anilines is 1. The van der Waals surface area contributed by atoms with Crippen molar-refractivity contribution in [1.82, 2.24) is 10.6 Å². The number of hydrogen-bond acceptors (Lipinski definition) is 6. The average molecular weight is 349 g/mol. The summed E-state index contributed by atoms with van der Waals surface area (Å²) in [5.74, 6) is 1.54. The lowest BCUT2D eigenvalue weighted by Crippen LogP contribution is -2.57. The summed E-state index contributed by atoms with van der Waals surface area (Å²) < 4.78 is 16.2. The number of ether oxygens (including phenoxy) is 3. The van der Waals surface area contributed by atoms with Gasteiger partial charge in [-0.3, -0.25) is 4.79 Å². The van der Waals surface area contributed by atoms with Gasteiger partial charge >= 0.3 is 0 Å². The van der Waals surface area contributed by atoms with Crippen LogP contribution >= 0.6 is 0 Å². The summed E-state index contributed by atoms with van der Waals surface area (Å²) in [6.45, 7) is 4.94. The number of nitrogens with one attached hydrogen (secondary N) is 2. The molecule has 1 unspecified atom stereocenters. The summed E-state index contributed by atoms with van der Waals surface area (Å²) in [6, 6.07) is 5.69. The van der Waals surface area contributed by atoms with Gasteiger partial charge in [-0.1, -0.05) is 0 Å². The van der Waals surface area contributed by atoms with Crippen molar-refractivity contribution in [2.45, 2.75) is 31.5 Å². The van der Waals surface area contributed by atoms with Crippen molar-refractivity contribution < 1.29 is 19.0 Å². The molecule has 1 amide bonds. The molecule has 25 heavy (non-hydrogen) atoms. The Morgan fingerprint density at radius 3 is 2.64 bits per heavy atom. The zero-order chi connectivity index (χ0) is 17.8. The maximum atomic E-state index is 12.5. The Hall–Kier alpha value is -1.99. The van der Waals surface area contributed by atoms with E-state index in [0.29, 0.717) is 13.2 Å². The number of carbonyl (C=O) groups is 1. The summed E-state index contributed by atoms with van der Waals surface area (Å²) >= 11 is 0. The molecule has 1 aromatic carbocycles. The second-order valence-corrected chi connectivity index (χ2v) is 6.52. The molecule has 0 aliphatic carbocycles. The molecule has 3 rings (SSSR count). The van der Waals surface area contributed by atoms with Crippen LogP contribution in [0.15, 0.2) is 18.2 Å². The maximum Gasteiger partial charge on any atom is 0.240 e. The Morgan fingerprint density at radius 2 is 2.00 bits per heavy atom. The Bertz CT molecular complexity index is 588. The first kappa shape index (κ1) is 17.8. The van der Waals surface area contributed by atoms with E-state index >= 15 is 0 Å². The molecular formula is C18H27N3O4. The van der Waals surface area contributed by atoms with Gasteiger partial charge in [-0.2, -0.15) is 0 Å². The third-order valence-electron chi connectivity index (χ3n) is 4.83. The number of methoxy groups -OCH3 is 2. The first-order valence-electron chi connectivity index (χ1n) is 8.74. The van der Waals surface area contributed by atoms with E-state index in [4.69, 9.17) is 14.2 Å². The van der Waals surface area contributed by atoms with Crippen LogP contribution in [0, 0.1) is 0 Å². The molecule has 7 nitrogen and oxygen atoms in total. The highest BCUT2D eigenvalue weighted by Gasteiger charge is 2.31. The highest BCUT2D eigenvalue weighted by Crippen LogP contribution is 2.30. The minimum Gasteiger partial charge on any atom is -0.497 e. The lowest BCUT2D eigenvalue weighted by atomic mass is 10.1. The van der Waals surface area contributed by atoms with Gasteiger partial charge in [-0.25, -0.2) is 0 Å². The van der Waals surface area contributed by atoms with Crippen LogP contribution in [0.4, 0.5) is 5.69 Å². The third kappa shape index (κ3) is 4.16. The van der Waals surface area contributed by atoms with Gasteiger partial charge in [0.25, 0.3) is 0 Å². The molecule has 0 saturated carbocycles. The fourth-order valence-electron chi connectivity index (χ4n) is 3.41. The zero-order valence-electron chi connectivity index (χ0n) is 15.1. The fourth-order valence-corrected chi connectivity index (χ4v) is 3.41. The van der Waals surface area contributed by atoms with Crippen LogP contribution in [-0.2, 0) is 9.53 Å². The van der Waals surface area contributed by atoms with E-state index in [1.54, 1.807) is 14.2 Å². The monoisotopic (exact) mass is 349 g/mol. The van der Waals surface area contributed by atoms with Gasteiger partial charge in [-0.05, 0) is 13.3 Å². The van der Waals surface area contributed by atoms with Crippen molar-refractivity contribution in [3.63, 3.8) is 0 Å². The van der Waals surface area contributed by atoms with Crippen molar-refractivity contribution in [1.29, 1.82) is 0 Å². The van der Waals surface area contributed by atoms with Gasteiger partial charge in [-0.15, -0.1) is 0 Å². The standard InChI is InChI=1S/C18H27N3O4/c1-12-17(19-5-7-25-12)18(22)20-13-4-6-21(11-13)14-8-15(23-2)10-16(9-14)24-3/h8-10,12-13,17,19H,4-7,11H2,1-3H3,(H,20,22)/t12-,13?,17+/m1/s1. The van der Waals surface area contributed by atoms with Crippen LogP contribution in [0.1, 0.15) is 13.3 Å². The van der Waals surface area contributed by atoms with E-state index < -0.39 is 0 Å². The van der Waals surface area contributed by atoms with Gasteiger partial charge in [0.2, 0.25) is 5.91 Å². The second kappa shape index (κ2) is 7.93. The number of amides is 1. The van der Waals surface area contributed by atoms with Crippen LogP contribution in [0.5, 0.6) is 11.5 Å². The van der Waals surface area contributed by atoms with Crippen molar-refractivity contribution >= 4 is 11.6 Å². The molecule has 2 aliphatic rings. The molecular weight excluding hydrogens is 322 g/mol. The number of rotatable bonds is 5. The predicted octanol–water partition coefficient (Wildman–Crippen LogP) is 0.776. The van der Waals surface area contributed by atoms with E-state index in [1.807, 2.05) is 25.1 Å². The van der Waals surface area contributed by atoms with Crippen LogP contribution in [0.2, 0.25) is 0 Å². The lowest BCUT2D eigenvalue weighted by molar-refractivity contribution is -0.129. The SMILES string of the molecule is COc1cc(OC)cc(N2CCC(NC(=O)[C@H]3NCCO[C@@H]3C)C2)c1. The molecule has 138 valence electrons. The average Bonchev–Trinajstić information content (AvgIpc) is 3.10. The van der Waals surface area contributed by atoms with Crippen LogP contribution in [0.25, 0.3) is 0 Å². The van der Waals surface area contributed by atoms with Gasteiger partial charge in [0.05, 0.1) is 26.9 Å². The van der Waals surface area contributed by atoms with Crippen molar-refractivity contribution in [3.8, 4) is 11.5 Å². The summed E-state index contributed by atoms with van der Waals surface area (Å²) in [6.07, 6.45) is 0.807. The Kier molecular flexibility index (Phi) is 5.65. The van der Waals surface area contributed by atoms with Crippen LogP contribution < -0.4 is 25.0 Å². The van der Waals surface area contributed by atoms with Crippen LogP contribution in [0.3, 0.4) is 0 Å². The molecule has 0 spiro atoms. The number of carbonyl (C=O) groups excluding carboxylic acids is 1. The maximum absolute atomic E-state index is 12.5. The predicted molar refractivity (Wildman–Crippen MR) is 95.5 cm³/mol. The summed E-state index contributed by atoms with van der Waals surface area (Å²) in [5, 5.41) is 6.38. The zero-order valence-corrected chi connectivity index (χ0v) is 15.1. The lowest BCUT2D eigenvalue weighted by Gasteiger charge is -2.30. The highest BCUT2D eigenvalue weighted by atomic mass is 16.5. The molecule has 2 aliphatic heterocycles. The Morgan fingerprint density at radius 1 is 1.28 bits per heavy atom. The molecule has 2 heterocycles. The van der Waals surface area contributed by atoms with Crippen molar-refractivity contribution in [2.24, 2.45) is 0 Å². The number of hydrogen-bond donors (Lipinski definition) is 2. The van der Waals surface area contributed by atoms with E-state index in [1.165, 1.54) is 0 Å². The quantitative estimate of drug-likeness (QED) is 0.818. The topological polar surface area (TPSA) is 72.1 Å².